The Labute approximate surface area is 180 Å². The minimum Gasteiger partial charge on any atom is -0.382 e. The molecule has 0 aliphatic carbocycles. The average molecular weight is 416 g/mol. The molecule has 31 heavy (non-hydrogen) atoms. The van der Waals surface area contributed by atoms with Crippen molar-refractivity contribution in [1.82, 2.24) is 29.8 Å². The van der Waals surface area contributed by atoms with Crippen molar-refractivity contribution in [3.05, 3.63) is 66.6 Å². The van der Waals surface area contributed by atoms with E-state index >= 15 is 0 Å². The van der Waals surface area contributed by atoms with E-state index in [0.717, 1.165) is 29.8 Å². The quantitative estimate of drug-likeness (QED) is 0.450. The number of nitrogens with zero attached hydrogens (tertiary/aromatic N) is 5. The third kappa shape index (κ3) is 4.24. The van der Waals surface area contributed by atoms with Crippen molar-refractivity contribution >= 4 is 17.4 Å². The molecule has 3 heterocycles. The zero-order valence-electron chi connectivity index (χ0n) is 17.6. The van der Waals surface area contributed by atoms with E-state index in [4.69, 9.17) is 5.73 Å². The SMILES string of the molecule is CNCCCN(C)C(=O)c1cccc(-c2cnc3c(-c4ccccn4)c(N)nn3c2)c1. The van der Waals surface area contributed by atoms with Crippen LogP contribution < -0.4 is 11.1 Å². The van der Waals surface area contributed by atoms with E-state index in [-0.39, 0.29) is 5.91 Å². The maximum Gasteiger partial charge on any atom is 0.253 e. The highest BCUT2D eigenvalue weighted by Gasteiger charge is 2.16. The highest BCUT2D eigenvalue weighted by atomic mass is 16.2. The van der Waals surface area contributed by atoms with E-state index in [1.165, 1.54) is 0 Å². The Balaban J connectivity index is 1.64. The van der Waals surface area contributed by atoms with Crippen LogP contribution in [0.1, 0.15) is 16.8 Å². The van der Waals surface area contributed by atoms with Crippen LogP contribution in [0.5, 0.6) is 0 Å². The van der Waals surface area contributed by atoms with Gasteiger partial charge < -0.3 is 16.0 Å². The normalized spacial score (nSPS) is 11.0. The van der Waals surface area contributed by atoms with Crippen LogP contribution in [0.2, 0.25) is 0 Å². The van der Waals surface area contributed by atoms with E-state index in [0.29, 0.717) is 29.1 Å². The fourth-order valence-corrected chi connectivity index (χ4v) is 3.50. The predicted molar refractivity (Wildman–Crippen MR) is 122 cm³/mol. The fourth-order valence-electron chi connectivity index (χ4n) is 3.50. The molecule has 1 aromatic carbocycles. The van der Waals surface area contributed by atoms with Gasteiger partial charge in [-0.1, -0.05) is 18.2 Å². The Morgan fingerprint density at radius 2 is 2.03 bits per heavy atom. The summed E-state index contributed by atoms with van der Waals surface area (Å²) in [5.74, 6) is 0.364. The highest BCUT2D eigenvalue weighted by molar-refractivity contribution is 5.95. The molecule has 0 saturated carbocycles. The summed E-state index contributed by atoms with van der Waals surface area (Å²) in [7, 11) is 3.73. The summed E-state index contributed by atoms with van der Waals surface area (Å²) in [5.41, 5.74) is 10.6. The van der Waals surface area contributed by atoms with Crippen molar-refractivity contribution in [2.75, 3.05) is 32.9 Å². The Hall–Kier alpha value is -3.78. The van der Waals surface area contributed by atoms with Crippen molar-refractivity contribution in [2.24, 2.45) is 0 Å². The number of fused-ring (bicyclic) bond motifs is 1. The first kappa shape index (κ1) is 20.5. The van der Waals surface area contributed by atoms with Crippen LogP contribution in [0, 0.1) is 0 Å². The number of anilines is 1. The van der Waals surface area contributed by atoms with Crippen LogP contribution in [0.25, 0.3) is 28.0 Å². The zero-order valence-corrected chi connectivity index (χ0v) is 17.6. The average Bonchev–Trinajstić information content (AvgIpc) is 3.14. The number of amides is 1. The van der Waals surface area contributed by atoms with E-state index < -0.39 is 0 Å². The summed E-state index contributed by atoms with van der Waals surface area (Å²) in [4.78, 5) is 23.5. The number of carbonyl (C=O) groups excluding carboxylic acids is 1. The molecule has 0 fully saturated rings. The molecular weight excluding hydrogens is 390 g/mol. The monoisotopic (exact) mass is 415 g/mol. The molecular formula is C23H25N7O. The van der Waals surface area contributed by atoms with Crippen molar-refractivity contribution in [3.63, 3.8) is 0 Å². The number of aromatic nitrogens is 4. The van der Waals surface area contributed by atoms with Gasteiger partial charge in [0.2, 0.25) is 0 Å². The first-order valence-electron chi connectivity index (χ1n) is 10.1. The third-order valence-electron chi connectivity index (χ3n) is 5.13. The van der Waals surface area contributed by atoms with Gasteiger partial charge in [-0.25, -0.2) is 9.50 Å². The van der Waals surface area contributed by atoms with Crippen LogP contribution in [0.15, 0.2) is 61.1 Å². The van der Waals surface area contributed by atoms with Gasteiger partial charge >= 0.3 is 0 Å². The number of nitrogens with two attached hydrogens (primary N) is 1. The number of nitrogen functional groups attached to an aromatic ring is 1. The zero-order chi connectivity index (χ0) is 21.8. The summed E-state index contributed by atoms with van der Waals surface area (Å²) in [6, 6.07) is 13.2. The van der Waals surface area contributed by atoms with E-state index in [1.807, 2.05) is 62.8 Å². The van der Waals surface area contributed by atoms with Gasteiger partial charge in [-0.2, -0.15) is 0 Å². The Kier molecular flexibility index (Phi) is 5.90. The maximum atomic E-state index is 12.8. The maximum absolute atomic E-state index is 12.8. The van der Waals surface area contributed by atoms with Gasteiger partial charge in [0.1, 0.15) is 0 Å². The standard InChI is InChI=1S/C23H25N7O/c1-25-10-6-12-29(2)23(31)17-8-5-7-16(13-17)18-14-27-22-20(19-9-3-4-11-26-19)21(24)28-30(22)15-18/h3-5,7-9,11,13-15,25H,6,10,12H2,1-2H3,(H2,24,28). The molecule has 1 amide bonds. The summed E-state index contributed by atoms with van der Waals surface area (Å²) >= 11 is 0. The summed E-state index contributed by atoms with van der Waals surface area (Å²) in [6.07, 6.45) is 6.25. The van der Waals surface area contributed by atoms with Gasteiger partial charge in [0.05, 0.1) is 11.3 Å². The molecule has 8 heteroatoms. The molecule has 0 saturated heterocycles. The summed E-state index contributed by atoms with van der Waals surface area (Å²) in [6.45, 7) is 1.57. The highest BCUT2D eigenvalue weighted by Crippen LogP contribution is 2.29. The van der Waals surface area contributed by atoms with Crippen LogP contribution in [0.4, 0.5) is 5.82 Å². The molecule has 3 N–H and O–H groups in total. The van der Waals surface area contributed by atoms with Gasteiger partial charge in [0.25, 0.3) is 5.91 Å². The van der Waals surface area contributed by atoms with E-state index in [1.54, 1.807) is 21.8 Å². The molecule has 0 atom stereocenters. The molecule has 0 aliphatic rings. The minimum atomic E-state index is -0.00670. The van der Waals surface area contributed by atoms with Crippen molar-refractivity contribution in [3.8, 4) is 22.4 Å². The van der Waals surface area contributed by atoms with E-state index in [2.05, 4.69) is 20.4 Å². The van der Waals surface area contributed by atoms with Gasteiger partial charge in [-0.3, -0.25) is 9.78 Å². The van der Waals surface area contributed by atoms with E-state index in [9.17, 15) is 4.79 Å². The predicted octanol–water partition coefficient (Wildman–Crippen LogP) is 2.72. The Bertz CT molecular complexity index is 1200. The number of benzene rings is 1. The van der Waals surface area contributed by atoms with Crippen LogP contribution in [-0.4, -0.2) is 57.6 Å². The Morgan fingerprint density at radius 3 is 2.81 bits per heavy atom. The van der Waals surface area contributed by atoms with Crippen LogP contribution in [-0.2, 0) is 0 Å². The van der Waals surface area contributed by atoms with Crippen molar-refractivity contribution in [2.45, 2.75) is 6.42 Å². The summed E-state index contributed by atoms with van der Waals surface area (Å²) in [5, 5.41) is 7.51. The van der Waals surface area contributed by atoms with Crippen LogP contribution >= 0.6 is 0 Å². The van der Waals surface area contributed by atoms with Gasteiger partial charge in [0, 0.05) is 43.3 Å². The minimum absolute atomic E-state index is 0.00670. The molecule has 0 radical (unpaired) electrons. The first-order valence-corrected chi connectivity index (χ1v) is 10.1. The number of rotatable bonds is 7. The largest absolute Gasteiger partial charge is 0.382 e. The second-order valence-corrected chi connectivity index (χ2v) is 7.35. The Morgan fingerprint density at radius 1 is 1.16 bits per heavy atom. The number of nitrogens with one attached hydrogen (secondary N) is 1. The lowest BCUT2D eigenvalue weighted by Gasteiger charge is -2.17. The van der Waals surface area contributed by atoms with Gasteiger partial charge in [-0.15, -0.1) is 5.10 Å². The number of hydrogen-bond acceptors (Lipinski definition) is 6. The number of pyridine rings is 1. The topological polar surface area (TPSA) is 101 Å². The molecule has 3 aromatic heterocycles. The summed E-state index contributed by atoms with van der Waals surface area (Å²) < 4.78 is 1.66. The molecule has 4 aromatic rings. The second kappa shape index (κ2) is 8.93. The second-order valence-electron chi connectivity index (χ2n) is 7.35. The third-order valence-corrected chi connectivity index (χ3v) is 5.13. The molecule has 8 nitrogen and oxygen atoms in total. The molecule has 0 spiro atoms. The molecule has 0 unspecified atom stereocenters. The molecule has 0 bridgehead atoms. The van der Waals surface area contributed by atoms with Gasteiger partial charge in [0.15, 0.2) is 11.5 Å². The molecule has 4 rings (SSSR count). The lowest BCUT2D eigenvalue weighted by molar-refractivity contribution is 0.0794. The van der Waals surface area contributed by atoms with Crippen LogP contribution in [0.3, 0.4) is 0 Å². The van der Waals surface area contributed by atoms with Crippen molar-refractivity contribution in [1.29, 1.82) is 0 Å². The number of carbonyl (C=O) groups is 1. The molecule has 0 aliphatic heterocycles. The first-order chi connectivity index (χ1) is 15.1. The fraction of sp³-hybridized carbons (Fsp3) is 0.217. The van der Waals surface area contributed by atoms with Gasteiger partial charge in [-0.05, 0) is 49.8 Å². The molecule has 158 valence electrons. The smallest absolute Gasteiger partial charge is 0.253 e. The lowest BCUT2D eigenvalue weighted by atomic mass is 10.1. The van der Waals surface area contributed by atoms with Crippen molar-refractivity contribution < 1.29 is 4.79 Å². The number of hydrogen-bond donors (Lipinski definition) is 2. The lowest BCUT2D eigenvalue weighted by Crippen LogP contribution is -2.29.